The van der Waals surface area contributed by atoms with Crippen LogP contribution in [0.25, 0.3) is 0 Å². The summed E-state index contributed by atoms with van der Waals surface area (Å²) in [5.74, 6) is 0.336. The van der Waals surface area contributed by atoms with Crippen LogP contribution < -0.4 is 10.5 Å². The highest BCUT2D eigenvalue weighted by atomic mass is 35.5. The van der Waals surface area contributed by atoms with Gasteiger partial charge in [0.15, 0.2) is 0 Å². The van der Waals surface area contributed by atoms with Crippen molar-refractivity contribution >= 4 is 22.6 Å². The summed E-state index contributed by atoms with van der Waals surface area (Å²) in [6, 6.07) is -0.148. The third kappa shape index (κ3) is 4.37. The molecule has 104 valence electrons. The predicted octanol–water partition coefficient (Wildman–Crippen LogP) is 0.710. The van der Waals surface area contributed by atoms with Gasteiger partial charge < -0.3 is 5.73 Å². The zero-order chi connectivity index (χ0) is 12.3. The van der Waals surface area contributed by atoms with Crippen LogP contribution in [-0.2, 0) is 10.2 Å². The molecule has 0 aromatic carbocycles. The Morgan fingerprint density at radius 1 is 1.47 bits per heavy atom. The Morgan fingerprint density at radius 2 is 2.06 bits per heavy atom. The lowest BCUT2D eigenvalue weighted by atomic mass is 9.93. The van der Waals surface area contributed by atoms with Crippen molar-refractivity contribution in [3.63, 3.8) is 0 Å². The first-order valence-corrected chi connectivity index (χ1v) is 7.31. The van der Waals surface area contributed by atoms with E-state index in [4.69, 9.17) is 5.73 Å². The molecule has 0 aromatic rings. The molecular weight excluding hydrogens is 262 g/mol. The van der Waals surface area contributed by atoms with Gasteiger partial charge in [0.25, 0.3) is 10.2 Å². The molecule has 5 nitrogen and oxygen atoms in total. The molecule has 0 radical (unpaired) electrons. The molecule has 7 heteroatoms. The Kier molecular flexibility index (Phi) is 6.94. The number of hydrogen-bond acceptors (Lipinski definition) is 3. The highest BCUT2D eigenvalue weighted by Gasteiger charge is 2.35. The fourth-order valence-electron chi connectivity index (χ4n) is 2.23. The fourth-order valence-corrected chi connectivity index (χ4v) is 3.98. The predicted molar refractivity (Wildman–Crippen MR) is 72.4 cm³/mol. The Bertz CT molecular complexity index is 322. The fraction of sp³-hybridized carbons (Fsp3) is 1.00. The van der Waals surface area contributed by atoms with Gasteiger partial charge in [-0.1, -0.05) is 6.92 Å². The smallest absolute Gasteiger partial charge is 0.279 e. The molecule has 1 rings (SSSR count). The molecule has 0 saturated carbocycles. The highest BCUT2D eigenvalue weighted by molar-refractivity contribution is 7.87. The summed E-state index contributed by atoms with van der Waals surface area (Å²) in [6.45, 7) is 6.67. The summed E-state index contributed by atoms with van der Waals surface area (Å²) in [4.78, 5) is 0. The standard InChI is InChI=1S/C10H23N3O2S.ClH/c1-8(2)12-16(14,15)13-6-4-5-9(3)10(13)7-11;/h8-10,12H,4-7,11H2,1-3H3;1H. The number of nitrogens with two attached hydrogens (primary N) is 1. The molecule has 1 saturated heterocycles. The second-order valence-corrected chi connectivity index (χ2v) is 6.47. The highest BCUT2D eigenvalue weighted by Crippen LogP contribution is 2.24. The van der Waals surface area contributed by atoms with Crippen molar-refractivity contribution in [2.45, 2.75) is 45.7 Å². The van der Waals surface area contributed by atoms with Gasteiger partial charge in [0.2, 0.25) is 0 Å². The SMILES string of the molecule is CC(C)NS(=O)(=O)N1CCCC(C)C1CN.Cl. The molecule has 0 aromatic heterocycles. The van der Waals surface area contributed by atoms with E-state index in [1.165, 1.54) is 4.31 Å². The number of piperidine rings is 1. The average molecular weight is 286 g/mol. The molecule has 1 aliphatic rings. The number of halogens is 1. The second-order valence-electron chi connectivity index (χ2n) is 4.81. The zero-order valence-electron chi connectivity index (χ0n) is 10.7. The van der Waals surface area contributed by atoms with Crippen molar-refractivity contribution in [3.8, 4) is 0 Å². The van der Waals surface area contributed by atoms with Crippen molar-refractivity contribution < 1.29 is 8.42 Å². The minimum Gasteiger partial charge on any atom is -0.329 e. The van der Waals surface area contributed by atoms with Crippen LogP contribution in [0.3, 0.4) is 0 Å². The maximum absolute atomic E-state index is 12.1. The maximum atomic E-state index is 12.1. The van der Waals surface area contributed by atoms with Crippen LogP contribution in [0.5, 0.6) is 0 Å². The van der Waals surface area contributed by atoms with E-state index in [1.54, 1.807) is 0 Å². The lowest BCUT2D eigenvalue weighted by Gasteiger charge is -2.38. The first kappa shape index (κ1) is 17.1. The molecule has 3 N–H and O–H groups in total. The van der Waals surface area contributed by atoms with Crippen LogP contribution in [-0.4, -0.2) is 37.9 Å². The molecule has 2 atom stereocenters. The second kappa shape index (κ2) is 6.89. The van der Waals surface area contributed by atoms with Gasteiger partial charge in [0.05, 0.1) is 0 Å². The van der Waals surface area contributed by atoms with E-state index in [0.29, 0.717) is 19.0 Å². The Balaban J connectivity index is 0.00000256. The molecular formula is C10H24ClN3O2S. The molecule has 2 unspecified atom stereocenters. The topological polar surface area (TPSA) is 75.4 Å². The zero-order valence-corrected chi connectivity index (χ0v) is 12.4. The maximum Gasteiger partial charge on any atom is 0.279 e. The van der Waals surface area contributed by atoms with Gasteiger partial charge in [-0.2, -0.15) is 17.4 Å². The van der Waals surface area contributed by atoms with E-state index < -0.39 is 10.2 Å². The van der Waals surface area contributed by atoms with Crippen molar-refractivity contribution in [1.82, 2.24) is 9.03 Å². The van der Waals surface area contributed by atoms with Gasteiger partial charge >= 0.3 is 0 Å². The Labute approximate surface area is 111 Å². The van der Waals surface area contributed by atoms with E-state index in [0.717, 1.165) is 12.8 Å². The summed E-state index contributed by atoms with van der Waals surface area (Å²) < 4.78 is 28.3. The van der Waals surface area contributed by atoms with E-state index in [-0.39, 0.29) is 24.5 Å². The van der Waals surface area contributed by atoms with Crippen LogP contribution in [0, 0.1) is 5.92 Å². The van der Waals surface area contributed by atoms with Gasteiger partial charge in [0.1, 0.15) is 0 Å². The Hall–Kier alpha value is 0.120. The monoisotopic (exact) mass is 285 g/mol. The molecule has 1 heterocycles. The summed E-state index contributed by atoms with van der Waals surface area (Å²) in [6.07, 6.45) is 1.96. The van der Waals surface area contributed by atoms with Gasteiger partial charge in [-0.15, -0.1) is 12.4 Å². The van der Waals surface area contributed by atoms with Gasteiger partial charge in [-0.25, -0.2) is 0 Å². The first-order valence-electron chi connectivity index (χ1n) is 5.87. The lowest BCUT2D eigenvalue weighted by molar-refractivity contribution is 0.190. The summed E-state index contributed by atoms with van der Waals surface area (Å²) >= 11 is 0. The van der Waals surface area contributed by atoms with Crippen molar-refractivity contribution in [2.24, 2.45) is 11.7 Å². The number of nitrogens with one attached hydrogen (secondary N) is 1. The van der Waals surface area contributed by atoms with Gasteiger partial charge in [-0.3, -0.25) is 0 Å². The molecule has 0 aliphatic carbocycles. The van der Waals surface area contributed by atoms with Gasteiger partial charge in [-0.05, 0) is 32.6 Å². The molecule has 0 spiro atoms. The van der Waals surface area contributed by atoms with Crippen molar-refractivity contribution in [2.75, 3.05) is 13.1 Å². The normalized spacial score (nSPS) is 26.9. The van der Waals surface area contributed by atoms with E-state index in [1.807, 2.05) is 13.8 Å². The third-order valence-electron chi connectivity index (χ3n) is 3.00. The lowest BCUT2D eigenvalue weighted by Crippen LogP contribution is -2.55. The van der Waals surface area contributed by atoms with Crippen LogP contribution >= 0.6 is 12.4 Å². The minimum atomic E-state index is -3.37. The van der Waals surface area contributed by atoms with E-state index in [9.17, 15) is 8.42 Å². The number of rotatable bonds is 4. The van der Waals surface area contributed by atoms with Crippen LogP contribution in [0.2, 0.25) is 0 Å². The third-order valence-corrected chi connectivity index (χ3v) is 4.84. The quantitative estimate of drug-likeness (QED) is 0.799. The molecule has 1 aliphatic heterocycles. The van der Waals surface area contributed by atoms with Crippen molar-refractivity contribution in [3.05, 3.63) is 0 Å². The Morgan fingerprint density at radius 3 is 2.53 bits per heavy atom. The van der Waals surface area contributed by atoms with Crippen molar-refractivity contribution in [1.29, 1.82) is 0 Å². The molecule has 0 bridgehead atoms. The molecule has 0 amide bonds. The van der Waals surface area contributed by atoms with E-state index in [2.05, 4.69) is 11.6 Å². The average Bonchev–Trinajstić information content (AvgIpc) is 2.15. The largest absolute Gasteiger partial charge is 0.329 e. The number of hydrogen-bond donors (Lipinski definition) is 2. The molecule has 1 fully saturated rings. The summed E-state index contributed by atoms with van der Waals surface area (Å²) in [7, 11) is -3.37. The van der Waals surface area contributed by atoms with E-state index >= 15 is 0 Å². The first-order chi connectivity index (χ1) is 7.38. The minimum absolute atomic E-state index is 0. The number of nitrogens with zero attached hydrogens (tertiary/aromatic N) is 1. The van der Waals surface area contributed by atoms with Crippen LogP contribution in [0.15, 0.2) is 0 Å². The summed E-state index contributed by atoms with van der Waals surface area (Å²) in [5, 5.41) is 0. The van der Waals surface area contributed by atoms with Gasteiger partial charge in [0, 0.05) is 25.2 Å². The summed E-state index contributed by atoms with van der Waals surface area (Å²) in [5.41, 5.74) is 5.68. The van der Waals surface area contributed by atoms with Crippen LogP contribution in [0.4, 0.5) is 0 Å². The molecule has 17 heavy (non-hydrogen) atoms. The van der Waals surface area contributed by atoms with Crippen LogP contribution in [0.1, 0.15) is 33.6 Å².